The Morgan fingerprint density at radius 3 is 1.05 bits per heavy atom. The molecule has 7 aromatic heterocycles. The molecule has 0 aliphatic heterocycles. The molecule has 0 aliphatic carbocycles. The number of carbonyl (C=O) groups is 6. The molecule has 0 aliphatic rings. The number of aliphatic hydroxyl groups is 1. The van der Waals surface area contributed by atoms with Gasteiger partial charge in [0.2, 0.25) is 0 Å². The summed E-state index contributed by atoms with van der Waals surface area (Å²) in [5.41, 5.74) is 4.63. The van der Waals surface area contributed by atoms with Crippen molar-refractivity contribution in [3.05, 3.63) is 311 Å². The summed E-state index contributed by atoms with van der Waals surface area (Å²) in [4.78, 5) is 101. The number of alkyl halides is 12. The molecule has 0 saturated carbocycles. The van der Waals surface area contributed by atoms with Crippen LogP contribution in [0.15, 0.2) is 207 Å². The minimum atomic E-state index is -4.60. The zero-order chi connectivity index (χ0) is 88.4. The average molecular weight is 1770 g/mol. The van der Waals surface area contributed by atoms with Crippen molar-refractivity contribution in [2.75, 3.05) is 42.0 Å². The molecule has 0 atom stereocenters. The first-order chi connectivity index (χ1) is 57.1. The van der Waals surface area contributed by atoms with Crippen molar-refractivity contribution in [2.24, 2.45) is 0 Å². The van der Waals surface area contributed by atoms with E-state index in [1.54, 1.807) is 128 Å². The van der Waals surface area contributed by atoms with Crippen LogP contribution in [0.3, 0.4) is 0 Å². The number of nitrogens with zero attached hydrogens (tertiary/aromatic N) is 7. The average Bonchev–Trinajstić information content (AvgIpc) is 0.809. The van der Waals surface area contributed by atoms with Gasteiger partial charge in [-0.1, -0.05) is 76.2 Å². The number of rotatable bonds is 18. The SMILES string of the molecule is CNC(=O)c1ccc(-c2cc(NC(=O)c3ccc(C(F)(F)F)nc3C)ccc2Cl)nc1.COC(=O)c1ccc(-c2cc(NC(=O)c3ccc(C(F)(F)F)nc3C)ccc2Cl)nc1.Cc1nc(C(F)(F)F)ccc1C(=O)Nc1ccc(Cl)c(-c2ccc(CO)cn2)c1.O=C(Nc1ccc(Cl)c(-c2ccccn2)c1)c1ccc(CNCC(F)(F)F)cc1Cl. The fraction of sp³-hybridized carbons (Fsp3) is 0.145. The Balaban J connectivity index is 0.000000183. The number of anilines is 4. The molecule has 21 nitrogen and oxygen atoms in total. The molecule has 0 unspecified atom stereocenters. The second-order valence-corrected chi connectivity index (χ2v) is 27.5. The molecular weight excluding hydrogens is 1710 g/mol. The highest BCUT2D eigenvalue weighted by molar-refractivity contribution is 6.36. The molecule has 626 valence electrons. The van der Waals surface area contributed by atoms with Gasteiger partial charge in [0, 0.05) is 83.4 Å². The number of hydrogen-bond acceptors (Lipinski definition) is 16. The number of ether oxygens (including phenoxy) is 1. The van der Waals surface area contributed by atoms with E-state index in [1.165, 1.54) is 71.7 Å². The predicted molar refractivity (Wildman–Crippen MR) is 432 cm³/mol. The van der Waals surface area contributed by atoms with E-state index in [9.17, 15) is 81.5 Å². The molecule has 12 rings (SSSR count). The number of benzene rings is 5. The number of methoxy groups -OCH3 is 1. The first kappa shape index (κ1) is 92.4. The van der Waals surface area contributed by atoms with Gasteiger partial charge in [-0.2, -0.15) is 52.7 Å². The zero-order valence-electron chi connectivity index (χ0n) is 63.1. The number of halogens is 17. The summed E-state index contributed by atoms with van der Waals surface area (Å²) in [5.74, 6) is -3.11. The largest absolute Gasteiger partial charge is 0.465 e. The van der Waals surface area contributed by atoms with Gasteiger partial charge in [0.05, 0.1) is 119 Å². The molecule has 121 heavy (non-hydrogen) atoms. The number of carbonyl (C=O) groups excluding carboxylic acids is 6. The maximum absolute atomic E-state index is 12.8. The molecule has 0 saturated heterocycles. The van der Waals surface area contributed by atoms with Crippen LogP contribution in [-0.4, -0.2) is 102 Å². The summed E-state index contributed by atoms with van der Waals surface area (Å²) in [7, 11) is 2.76. The Bertz CT molecular complexity index is 5620. The van der Waals surface area contributed by atoms with Gasteiger partial charge in [-0.15, -0.1) is 0 Å². The molecule has 5 aromatic carbocycles. The fourth-order valence-corrected chi connectivity index (χ4v) is 12.0. The van der Waals surface area contributed by atoms with E-state index in [1.807, 2.05) is 6.07 Å². The van der Waals surface area contributed by atoms with Gasteiger partial charge >= 0.3 is 30.7 Å². The van der Waals surface area contributed by atoms with E-state index >= 15 is 0 Å². The van der Waals surface area contributed by atoms with Crippen LogP contribution in [-0.2, 0) is 36.4 Å². The van der Waals surface area contributed by atoms with Crippen LogP contribution < -0.4 is 31.9 Å². The van der Waals surface area contributed by atoms with Crippen LogP contribution in [0, 0.1) is 20.8 Å². The Morgan fingerprint density at radius 1 is 0.388 bits per heavy atom. The predicted octanol–water partition coefficient (Wildman–Crippen LogP) is 20.7. The molecular formula is C83H62Cl5F12N13O8. The Hall–Kier alpha value is -12.5. The smallest absolute Gasteiger partial charge is 0.433 e. The quantitative estimate of drug-likeness (QED) is 0.0310. The van der Waals surface area contributed by atoms with Crippen LogP contribution in [0.25, 0.3) is 45.0 Å². The number of aromatic nitrogens is 7. The second-order valence-electron chi connectivity index (χ2n) is 25.5. The Morgan fingerprint density at radius 2 is 0.744 bits per heavy atom. The van der Waals surface area contributed by atoms with Crippen LogP contribution >= 0.6 is 58.0 Å². The third-order valence-electron chi connectivity index (χ3n) is 16.9. The molecule has 0 radical (unpaired) electrons. The lowest BCUT2D eigenvalue weighted by molar-refractivity contribution is -0.142. The van der Waals surface area contributed by atoms with Crippen molar-refractivity contribution >= 4 is 116 Å². The van der Waals surface area contributed by atoms with E-state index in [0.29, 0.717) is 105 Å². The number of aryl methyl sites for hydroxylation is 3. The molecule has 0 bridgehead atoms. The van der Waals surface area contributed by atoms with Gasteiger partial charge in [0.25, 0.3) is 29.5 Å². The lowest BCUT2D eigenvalue weighted by Crippen LogP contribution is -2.28. The van der Waals surface area contributed by atoms with E-state index in [0.717, 1.165) is 36.4 Å². The standard InChI is InChI=1S/C21H16Cl2F3N3O.C21H16ClF3N4O2.C21H15ClF3N3O3.C20H15ClF3N3O2/c22-17-7-5-14(10-16(17)19-3-1-2-8-28-19)29-20(30)15-6-4-13(9-18(15)23)11-27-12-21(24,25)26;1-11-14(5-8-18(28-11)21(23,24)25)20(31)29-13-4-6-16(22)15(9-13)17-7-3-12(10-27-17)19(30)26-2;1-11-14(5-8-18(27-11)21(23,24)25)19(29)28-13-4-6-16(22)15(9-13)17-7-3-12(10-26-17)20(30)31-2;1-11-14(4-7-18(26-11)20(22,23)24)19(29)27-13-3-5-16(21)15(8-13)17-6-2-12(10-28)9-25-17/h1-10,27H,11-12H2,(H,29,30);3-10H,1-2H3,(H,26,30)(H,29,31);3-10H,1-2H3,(H,28,29);2-9,28H,10H2,1H3,(H,27,29). The van der Waals surface area contributed by atoms with Crippen molar-refractivity contribution in [3.8, 4) is 45.0 Å². The van der Waals surface area contributed by atoms with Gasteiger partial charge in [0.15, 0.2) is 0 Å². The van der Waals surface area contributed by atoms with Crippen molar-refractivity contribution < 1.29 is 91.3 Å². The Kier molecular flexibility index (Phi) is 30.9. The van der Waals surface area contributed by atoms with Gasteiger partial charge < -0.3 is 41.7 Å². The second kappa shape index (κ2) is 40.5. The van der Waals surface area contributed by atoms with Crippen LogP contribution in [0.4, 0.5) is 75.4 Å². The highest BCUT2D eigenvalue weighted by Gasteiger charge is 2.36. The maximum Gasteiger partial charge on any atom is 0.433 e. The van der Waals surface area contributed by atoms with E-state index in [-0.39, 0.29) is 69.0 Å². The third kappa shape index (κ3) is 25.5. The maximum atomic E-state index is 12.8. The third-order valence-corrected chi connectivity index (χ3v) is 18.5. The lowest BCUT2D eigenvalue weighted by Gasteiger charge is -2.12. The van der Waals surface area contributed by atoms with Gasteiger partial charge in [-0.25, -0.2) is 19.7 Å². The monoisotopic (exact) mass is 1770 g/mol. The number of esters is 1. The number of aliphatic hydroxyl groups excluding tert-OH is 1. The molecule has 12 aromatic rings. The van der Waals surface area contributed by atoms with Crippen LogP contribution in [0.2, 0.25) is 25.1 Å². The Labute approximate surface area is 705 Å². The van der Waals surface area contributed by atoms with Gasteiger partial charge in [-0.3, -0.25) is 43.9 Å². The molecule has 0 fully saturated rings. The van der Waals surface area contributed by atoms with E-state index in [4.69, 9.17) is 63.1 Å². The molecule has 7 N–H and O–H groups in total. The topological polar surface area (TPSA) is 294 Å². The summed E-state index contributed by atoms with van der Waals surface area (Å²) in [6, 6.07) is 44.2. The first-order valence-corrected chi connectivity index (χ1v) is 36.9. The number of nitrogens with one attached hydrogen (secondary N) is 6. The van der Waals surface area contributed by atoms with Crippen LogP contribution in [0.5, 0.6) is 0 Å². The summed E-state index contributed by atoms with van der Waals surface area (Å²) in [6.45, 7) is 2.72. The highest BCUT2D eigenvalue weighted by atomic mass is 35.5. The molecule has 0 spiro atoms. The van der Waals surface area contributed by atoms with Crippen LogP contribution in [0.1, 0.15) is 107 Å². The number of hydrogen-bond donors (Lipinski definition) is 7. The van der Waals surface area contributed by atoms with Crippen molar-refractivity contribution in [1.82, 2.24) is 45.5 Å². The zero-order valence-corrected chi connectivity index (χ0v) is 66.9. The van der Waals surface area contributed by atoms with Crippen molar-refractivity contribution in [1.29, 1.82) is 0 Å². The summed E-state index contributed by atoms with van der Waals surface area (Å²) < 4.78 is 156. The van der Waals surface area contributed by atoms with Crippen molar-refractivity contribution in [2.45, 2.75) is 58.6 Å². The van der Waals surface area contributed by atoms with Gasteiger partial charge in [0.1, 0.15) is 17.1 Å². The highest BCUT2D eigenvalue weighted by Crippen LogP contribution is 2.37. The van der Waals surface area contributed by atoms with E-state index in [2.05, 4.69) is 71.5 Å². The first-order valence-electron chi connectivity index (χ1n) is 35.0. The molecule has 5 amide bonds. The summed E-state index contributed by atoms with van der Waals surface area (Å²) in [5, 5.41) is 26.2. The normalized spacial score (nSPS) is 11.3. The minimum absolute atomic E-state index is 0.00468. The fourth-order valence-electron chi connectivity index (χ4n) is 10.9. The number of amides is 5. The van der Waals surface area contributed by atoms with Gasteiger partial charge in [-0.05, 0) is 196 Å². The lowest BCUT2D eigenvalue weighted by atomic mass is 10.1. The molecule has 7 heterocycles. The number of pyridine rings is 7. The van der Waals surface area contributed by atoms with E-state index < -0.39 is 77.9 Å². The summed E-state index contributed by atoms with van der Waals surface area (Å²) >= 11 is 31.1. The minimum Gasteiger partial charge on any atom is -0.465 e. The van der Waals surface area contributed by atoms with Crippen molar-refractivity contribution in [3.63, 3.8) is 0 Å². The summed E-state index contributed by atoms with van der Waals surface area (Å²) in [6.07, 6.45) is -12.2. The molecule has 38 heteroatoms.